The molecule has 0 spiro atoms. The molecule has 2 rings (SSSR count). The van der Waals surface area contributed by atoms with Crippen molar-refractivity contribution >= 4 is 11.6 Å². The van der Waals surface area contributed by atoms with Crippen molar-refractivity contribution in [2.24, 2.45) is 0 Å². The molecule has 1 atom stereocenters. The van der Waals surface area contributed by atoms with Gasteiger partial charge in [-0.05, 0) is 25.0 Å². The van der Waals surface area contributed by atoms with E-state index < -0.39 is 0 Å². The number of ether oxygens (including phenoxy) is 1. The van der Waals surface area contributed by atoms with Gasteiger partial charge in [0, 0.05) is 18.6 Å². The smallest absolute Gasteiger partial charge is 0.227 e. The van der Waals surface area contributed by atoms with Crippen LogP contribution in [-0.2, 0) is 9.53 Å². The van der Waals surface area contributed by atoms with Crippen molar-refractivity contribution in [3.05, 3.63) is 29.8 Å². The van der Waals surface area contributed by atoms with Crippen LogP contribution >= 0.6 is 0 Å². The summed E-state index contributed by atoms with van der Waals surface area (Å²) in [4.78, 5) is 12.0. The number of carbonyl (C=O) groups is 1. The van der Waals surface area contributed by atoms with Crippen molar-refractivity contribution in [2.75, 3.05) is 18.5 Å². The zero-order valence-electron chi connectivity index (χ0n) is 11.4. The lowest BCUT2D eigenvalue weighted by atomic mass is 10.1. The Morgan fingerprint density at radius 3 is 3.05 bits per heavy atom. The Hall–Kier alpha value is -1.83. The molecule has 1 amide bonds. The van der Waals surface area contributed by atoms with Crippen molar-refractivity contribution < 1.29 is 14.6 Å². The predicted molar refractivity (Wildman–Crippen MR) is 77.2 cm³/mol. The Morgan fingerprint density at radius 1 is 1.45 bits per heavy atom. The highest BCUT2D eigenvalue weighted by Gasteiger charge is 2.19. The number of hydrogen-bond donors (Lipinski definition) is 2. The van der Waals surface area contributed by atoms with E-state index in [1.165, 1.54) is 0 Å². The van der Waals surface area contributed by atoms with Crippen LogP contribution in [0.2, 0.25) is 0 Å². The Bertz CT molecular complexity index is 510. The van der Waals surface area contributed by atoms with Crippen LogP contribution in [0.25, 0.3) is 0 Å². The lowest BCUT2D eigenvalue weighted by Gasteiger charge is -2.11. The highest BCUT2D eigenvalue weighted by molar-refractivity contribution is 5.92. The number of benzene rings is 1. The van der Waals surface area contributed by atoms with E-state index in [1.807, 2.05) is 24.3 Å². The van der Waals surface area contributed by atoms with Gasteiger partial charge in [0.25, 0.3) is 0 Å². The zero-order chi connectivity index (χ0) is 14.2. The van der Waals surface area contributed by atoms with Crippen molar-refractivity contribution in [1.82, 2.24) is 0 Å². The van der Waals surface area contributed by atoms with E-state index >= 15 is 0 Å². The van der Waals surface area contributed by atoms with E-state index in [2.05, 4.69) is 17.2 Å². The number of hydrogen-bond acceptors (Lipinski definition) is 3. The van der Waals surface area contributed by atoms with Gasteiger partial charge in [0.15, 0.2) is 0 Å². The number of amides is 1. The molecule has 1 fully saturated rings. The normalized spacial score (nSPS) is 17.4. The van der Waals surface area contributed by atoms with E-state index in [0.717, 1.165) is 25.0 Å². The maximum atomic E-state index is 12.0. The molecule has 0 aliphatic carbocycles. The van der Waals surface area contributed by atoms with Crippen LogP contribution in [0.1, 0.15) is 31.2 Å². The molecule has 0 saturated carbocycles. The Balaban J connectivity index is 1.97. The van der Waals surface area contributed by atoms with Crippen LogP contribution in [0.3, 0.4) is 0 Å². The second-order valence-electron chi connectivity index (χ2n) is 4.71. The molecule has 0 aromatic heterocycles. The second-order valence-corrected chi connectivity index (χ2v) is 4.71. The predicted octanol–water partition coefficient (Wildman–Crippen LogP) is 1.93. The second kappa shape index (κ2) is 7.68. The van der Waals surface area contributed by atoms with E-state index in [1.54, 1.807) is 0 Å². The summed E-state index contributed by atoms with van der Waals surface area (Å²) in [5.41, 5.74) is 1.47. The van der Waals surface area contributed by atoms with Gasteiger partial charge in [-0.1, -0.05) is 24.0 Å². The minimum atomic E-state index is -0.0479. The van der Waals surface area contributed by atoms with E-state index in [9.17, 15) is 4.79 Å². The van der Waals surface area contributed by atoms with Crippen LogP contribution in [-0.4, -0.2) is 30.3 Å². The molecule has 0 bridgehead atoms. The molecule has 4 heteroatoms. The average molecular weight is 273 g/mol. The van der Waals surface area contributed by atoms with E-state index in [4.69, 9.17) is 9.84 Å². The maximum absolute atomic E-state index is 12.0. The van der Waals surface area contributed by atoms with Gasteiger partial charge in [-0.15, -0.1) is 0 Å². The summed E-state index contributed by atoms with van der Waals surface area (Å²) in [6, 6.07) is 7.42. The van der Waals surface area contributed by atoms with Gasteiger partial charge in [0.2, 0.25) is 5.91 Å². The quantitative estimate of drug-likeness (QED) is 0.824. The fourth-order valence-corrected chi connectivity index (χ4v) is 2.13. The topological polar surface area (TPSA) is 58.6 Å². The van der Waals surface area contributed by atoms with Crippen LogP contribution in [0.15, 0.2) is 24.3 Å². The summed E-state index contributed by atoms with van der Waals surface area (Å²) in [6.07, 6.45) is 2.84. The third-order valence-corrected chi connectivity index (χ3v) is 3.10. The minimum absolute atomic E-state index is 0.0422. The lowest BCUT2D eigenvalue weighted by Crippen LogP contribution is -2.19. The Morgan fingerprint density at radius 2 is 2.30 bits per heavy atom. The van der Waals surface area contributed by atoms with Gasteiger partial charge in [0.05, 0.1) is 24.8 Å². The summed E-state index contributed by atoms with van der Waals surface area (Å²) in [5, 5.41) is 11.6. The third kappa shape index (κ3) is 4.37. The number of anilines is 1. The number of aliphatic hydroxyl groups is 1. The summed E-state index contributed by atoms with van der Waals surface area (Å²) in [6.45, 7) is 0.793. The molecule has 0 radical (unpaired) electrons. The summed E-state index contributed by atoms with van der Waals surface area (Å²) in [7, 11) is 0. The average Bonchev–Trinajstić information content (AvgIpc) is 2.93. The van der Waals surface area contributed by atoms with Crippen LogP contribution in [0.5, 0.6) is 0 Å². The van der Waals surface area contributed by atoms with Gasteiger partial charge in [-0.25, -0.2) is 0 Å². The van der Waals surface area contributed by atoms with Gasteiger partial charge in [0.1, 0.15) is 0 Å². The molecule has 2 N–H and O–H groups in total. The highest BCUT2D eigenvalue weighted by Crippen LogP contribution is 2.18. The molecule has 1 aromatic rings. The fourth-order valence-electron chi connectivity index (χ4n) is 2.13. The van der Waals surface area contributed by atoms with E-state index in [0.29, 0.717) is 18.5 Å². The first-order valence-corrected chi connectivity index (χ1v) is 6.90. The monoisotopic (exact) mass is 273 g/mol. The largest absolute Gasteiger partial charge is 0.395 e. The first kappa shape index (κ1) is 14.6. The SMILES string of the molecule is O=C(CC1CCCO1)Nc1ccccc1C#CCCO. The molecular formula is C16H19NO3. The van der Waals surface area contributed by atoms with Crippen molar-refractivity contribution in [2.45, 2.75) is 31.8 Å². The molecule has 1 heterocycles. The van der Waals surface area contributed by atoms with Crippen LogP contribution in [0, 0.1) is 11.8 Å². The van der Waals surface area contributed by atoms with Gasteiger partial charge in [-0.2, -0.15) is 0 Å². The fraction of sp³-hybridized carbons (Fsp3) is 0.438. The van der Waals surface area contributed by atoms with Gasteiger partial charge < -0.3 is 15.2 Å². The van der Waals surface area contributed by atoms with Crippen molar-refractivity contribution in [1.29, 1.82) is 0 Å². The van der Waals surface area contributed by atoms with Crippen molar-refractivity contribution in [3.63, 3.8) is 0 Å². The molecule has 4 nitrogen and oxygen atoms in total. The molecule has 1 aromatic carbocycles. The first-order chi connectivity index (χ1) is 9.79. The van der Waals surface area contributed by atoms with Crippen LogP contribution < -0.4 is 5.32 Å². The van der Waals surface area contributed by atoms with E-state index in [-0.39, 0.29) is 18.6 Å². The molecule has 1 aliphatic rings. The summed E-state index contributed by atoms with van der Waals surface area (Å²) in [5.74, 6) is 5.77. The van der Waals surface area contributed by atoms with Gasteiger partial charge >= 0.3 is 0 Å². The Kier molecular flexibility index (Phi) is 5.60. The third-order valence-electron chi connectivity index (χ3n) is 3.10. The number of carbonyl (C=O) groups excluding carboxylic acids is 1. The lowest BCUT2D eigenvalue weighted by molar-refractivity contribution is -0.118. The molecule has 20 heavy (non-hydrogen) atoms. The first-order valence-electron chi connectivity index (χ1n) is 6.90. The zero-order valence-corrected chi connectivity index (χ0v) is 11.4. The number of aliphatic hydroxyl groups excluding tert-OH is 1. The highest BCUT2D eigenvalue weighted by atomic mass is 16.5. The number of nitrogens with one attached hydrogen (secondary N) is 1. The maximum Gasteiger partial charge on any atom is 0.227 e. The van der Waals surface area contributed by atoms with Crippen LogP contribution in [0.4, 0.5) is 5.69 Å². The molecular weight excluding hydrogens is 254 g/mol. The standard InChI is InChI=1S/C16H19NO3/c18-10-4-3-7-13-6-1-2-9-15(13)17-16(19)12-14-8-5-11-20-14/h1-2,6,9,14,18H,4-5,8,10-12H2,(H,17,19). The van der Waals surface area contributed by atoms with Gasteiger partial charge in [-0.3, -0.25) is 4.79 Å². The number of para-hydroxylation sites is 1. The molecule has 1 aliphatic heterocycles. The summed E-state index contributed by atoms with van der Waals surface area (Å²) >= 11 is 0. The summed E-state index contributed by atoms with van der Waals surface area (Å²) < 4.78 is 5.45. The van der Waals surface area contributed by atoms with Crippen molar-refractivity contribution in [3.8, 4) is 11.8 Å². The Labute approximate surface area is 119 Å². The minimum Gasteiger partial charge on any atom is -0.395 e. The number of rotatable bonds is 4. The molecule has 106 valence electrons. The molecule has 1 unspecified atom stereocenters. The molecule has 1 saturated heterocycles.